The van der Waals surface area contributed by atoms with Crippen LogP contribution in [0.3, 0.4) is 0 Å². The van der Waals surface area contributed by atoms with Gasteiger partial charge in [0.1, 0.15) is 0 Å². The summed E-state index contributed by atoms with van der Waals surface area (Å²) >= 11 is 0. The number of nitrogens with one attached hydrogen (secondary N) is 2. The van der Waals surface area contributed by atoms with Crippen LogP contribution in [0.1, 0.15) is 61.5 Å². The van der Waals surface area contributed by atoms with Crippen molar-refractivity contribution in [3.8, 4) is 0 Å². The minimum Gasteiger partial charge on any atom is -0.357 e. The highest BCUT2D eigenvalue weighted by molar-refractivity contribution is 5.80. The van der Waals surface area contributed by atoms with Crippen LogP contribution in [-0.4, -0.2) is 34.9 Å². The van der Waals surface area contributed by atoms with Crippen molar-refractivity contribution < 1.29 is 0 Å². The quantitative estimate of drug-likeness (QED) is 0.606. The van der Waals surface area contributed by atoms with Crippen molar-refractivity contribution in [2.75, 3.05) is 13.1 Å². The molecule has 154 valence electrons. The SMILES string of the molecule is CCNC(=NCC1C2Cc3ccccc3C12)NC1CCc2cn(C(C)C)nc2C1. The maximum atomic E-state index is 4.98. The third-order valence-corrected chi connectivity index (χ3v) is 6.97. The van der Waals surface area contributed by atoms with Gasteiger partial charge in [0.05, 0.1) is 5.69 Å². The molecule has 2 N–H and O–H groups in total. The van der Waals surface area contributed by atoms with Gasteiger partial charge in [-0.2, -0.15) is 5.10 Å². The fourth-order valence-electron chi connectivity index (χ4n) is 5.34. The fraction of sp³-hybridized carbons (Fsp3) is 0.583. The largest absolute Gasteiger partial charge is 0.357 e. The van der Waals surface area contributed by atoms with E-state index < -0.39 is 0 Å². The van der Waals surface area contributed by atoms with Gasteiger partial charge in [0.15, 0.2) is 5.96 Å². The first-order chi connectivity index (χ1) is 14.1. The highest BCUT2D eigenvalue weighted by Crippen LogP contribution is 2.61. The van der Waals surface area contributed by atoms with Crippen molar-refractivity contribution >= 4 is 5.96 Å². The molecule has 0 amide bonds. The van der Waals surface area contributed by atoms with Crippen LogP contribution in [0.2, 0.25) is 0 Å². The van der Waals surface area contributed by atoms with E-state index in [4.69, 9.17) is 10.1 Å². The van der Waals surface area contributed by atoms with Crippen molar-refractivity contribution in [1.29, 1.82) is 0 Å². The number of fused-ring (bicyclic) bond motifs is 4. The number of benzene rings is 1. The van der Waals surface area contributed by atoms with E-state index in [9.17, 15) is 0 Å². The summed E-state index contributed by atoms with van der Waals surface area (Å²) in [6.45, 7) is 8.35. The molecule has 1 fully saturated rings. The second-order valence-electron chi connectivity index (χ2n) is 9.23. The van der Waals surface area contributed by atoms with E-state index in [0.717, 1.165) is 56.1 Å². The fourth-order valence-corrected chi connectivity index (χ4v) is 5.34. The minimum absolute atomic E-state index is 0.412. The van der Waals surface area contributed by atoms with E-state index >= 15 is 0 Å². The summed E-state index contributed by atoms with van der Waals surface area (Å²) in [5.41, 5.74) is 5.82. The Balaban J connectivity index is 1.21. The van der Waals surface area contributed by atoms with Gasteiger partial charge in [-0.05, 0) is 74.5 Å². The molecular weight excluding hydrogens is 358 g/mol. The third-order valence-electron chi connectivity index (χ3n) is 6.97. The Bertz CT molecular complexity index is 912. The van der Waals surface area contributed by atoms with Crippen molar-refractivity contribution in [3.05, 3.63) is 52.8 Å². The van der Waals surface area contributed by atoms with Gasteiger partial charge in [-0.3, -0.25) is 9.67 Å². The number of aliphatic imine (C=N–C) groups is 1. The maximum absolute atomic E-state index is 4.98. The number of aromatic nitrogens is 2. The molecule has 0 aliphatic heterocycles. The first-order valence-electron chi connectivity index (χ1n) is 11.3. The van der Waals surface area contributed by atoms with E-state index in [1.54, 1.807) is 11.1 Å². The summed E-state index contributed by atoms with van der Waals surface area (Å²) in [5.74, 6) is 3.26. The normalized spacial score (nSPS) is 27.4. The van der Waals surface area contributed by atoms with Gasteiger partial charge >= 0.3 is 0 Å². The molecule has 5 nitrogen and oxygen atoms in total. The second-order valence-corrected chi connectivity index (χ2v) is 9.23. The Morgan fingerprint density at radius 2 is 2.10 bits per heavy atom. The van der Waals surface area contributed by atoms with Crippen molar-refractivity contribution in [1.82, 2.24) is 20.4 Å². The zero-order valence-electron chi connectivity index (χ0n) is 17.9. The molecule has 5 heteroatoms. The number of hydrogen-bond donors (Lipinski definition) is 2. The molecule has 0 spiro atoms. The predicted molar refractivity (Wildman–Crippen MR) is 117 cm³/mol. The Kier molecular flexibility index (Phi) is 4.84. The van der Waals surface area contributed by atoms with Crippen LogP contribution in [0.15, 0.2) is 35.5 Å². The molecule has 29 heavy (non-hydrogen) atoms. The van der Waals surface area contributed by atoms with Gasteiger partial charge in [-0.15, -0.1) is 0 Å². The summed E-state index contributed by atoms with van der Waals surface area (Å²) in [5, 5.41) is 12.0. The lowest BCUT2D eigenvalue weighted by molar-refractivity contribution is 0.499. The molecule has 3 aliphatic carbocycles. The summed E-state index contributed by atoms with van der Waals surface area (Å²) < 4.78 is 2.11. The van der Waals surface area contributed by atoms with Gasteiger partial charge in [0.25, 0.3) is 0 Å². The Morgan fingerprint density at radius 1 is 1.24 bits per heavy atom. The molecule has 1 saturated carbocycles. The van der Waals surface area contributed by atoms with Crippen LogP contribution in [0.5, 0.6) is 0 Å². The molecule has 4 unspecified atom stereocenters. The number of hydrogen-bond acceptors (Lipinski definition) is 2. The molecule has 1 aromatic carbocycles. The molecule has 3 aliphatic rings. The van der Waals surface area contributed by atoms with Gasteiger partial charge in [-0.1, -0.05) is 24.3 Å². The first kappa shape index (κ1) is 18.7. The van der Waals surface area contributed by atoms with Gasteiger partial charge in [0.2, 0.25) is 0 Å². The Hall–Kier alpha value is -2.30. The van der Waals surface area contributed by atoms with Crippen LogP contribution in [0, 0.1) is 11.8 Å². The summed E-state index contributed by atoms with van der Waals surface area (Å²) in [7, 11) is 0. The molecule has 4 atom stereocenters. The van der Waals surface area contributed by atoms with E-state index in [1.165, 1.54) is 17.7 Å². The van der Waals surface area contributed by atoms with Gasteiger partial charge in [0, 0.05) is 37.8 Å². The monoisotopic (exact) mass is 391 g/mol. The second kappa shape index (κ2) is 7.51. The lowest BCUT2D eigenvalue weighted by Crippen LogP contribution is -2.45. The third kappa shape index (κ3) is 3.56. The van der Waals surface area contributed by atoms with E-state index in [-0.39, 0.29) is 0 Å². The topological polar surface area (TPSA) is 54.2 Å². The molecule has 0 radical (unpaired) electrons. The minimum atomic E-state index is 0.412. The average molecular weight is 392 g/mol. The molecule has 1 aromatic heterocycles. The number of nitrogens with zero attached hydrogens (tertiary/aromatic N) is 3. The highest BCUT2D eigenvalue weighted by atomic mass is 15.3. The zero-order chi connectivity index (χ0) is 20.0. The molecular formula is C24H33N5. The molecule has 0 saturated heterocycles. The number of guanidine groups is 1. The average Bonchev–Trinajstić information content (AvgIpc) is 3.05. The van der Waals surface area contributed by atoms with Crippen molar-refractivity contribution in [2.24, 2.45) is 16.8 Å². The highest BCUT2D eigenvalue weighted by Gasteiger charge is 2.54. The lowest BCUT2D eigenvalue weighted by atomic mass is 9.94. The number of aryl methyl sites for hydroxylation is 1. The zero-order valence-corrected chi connectivity index (χ0v) is 17.9. The van der Waals surface area contributed by atoms with Crippen LogP contribution in [-0.2, 0) is 19.3 Å². The van der Waals surface area contributed by atoms with E-state index in [0.29, 0.717) is 12.1 Å². The van der Waals surface area contributed by atoms with E-state index in [2.05, 4.69) is 66.5 Å². The van der Waals surface area contributed by atoms with Crippen molar-refractivity contribution in [2.45, 2.75) is 64.5 Å². The Labute approximate surface area is 174 Å². The Morgan fingerprint density at radius 3 is 2.93 bits per heavy atom. The summed E-state index contributed by atoms with van der Waals surface area (Å²) in [6.07, 6.45) is 6.71. The van der Waals surface area contributed by atoms with Gasteiger partial charge in [-0.25, -0.2) is 0 Å². The molecule has 0 bridgehead atoms. The summed E-state index contributed by atoms with van der Waals surface area (Å²) in [6, 6.07) is 9.81. The van der Waals surface area contributed by atoms with Crippen molar-refractivity contribution in [3.63, 3.8) is 0 Å². The van der Waals surface area contributed by atoms with Crippen LogP contribution < -0.4 is 10.6 Å². The van der Waals surface area contributed by atoms with Crippen LogP contribution in [0.4, 0.5) is 0 Å². The summed E-state index contributed by atoms with van der Waals surface area (Å²) in [4.78, 5) is 4.98. The molecule has 5 rings (SSSR count). The van der Waals surface area contributed by atoms with Gasteiger partial charge < -0.3 is 10.6 Å². The molecule has 2 aromatic rings. The van der Waals surface area contributed by atoms with Crippen LogP contribution in [0.25, 0.3) is 0 Å². The molecule has 1 heterocycles. The lowest BCUT2D eigenvalue weighted by Gasteiger charge is -2.24. The predicted octanol–water partition coefficient (Wildman–Crippen LogP) is 3.46. The maximum Gasteiger partial charge on any atom is 0.191 e. The first-order valence-corrected chi connectivity index (χ1v) is 11.3. The smallest absolute Gasteiger partial charge is 0.191 e. The number of rotatable bonds is 5. The van der Waals surface area contributed by atoms with Crippen LogP contribution >= 0.6 is 0 Å². The standard InChI is InChI=1S/C24H33N5/c1-4-25-24(26-13-21-20-11-16-7-5-6-8-19(16)23(20)21)27-18-10-9-17-14-29(15(2)3)28-22(17)12-18/h5-8,14-15,18,20-21,23H,4,9-13H2,1-3H3,(H2,25,26,27). The van der Waals surface area contributed by atoms with E-state index in [1.807, 2.05) is 0 Å².